The van der Waals surface area contributed by atoms with Crippen LogP contribution in [0, 0.1) is 12.8 Å². The third-order valence-electron chi connectivity index (χ3n) is 8.87. The third-order valence-corrected chi connectivity index (χ3v) is 10.1. The van der Waals surface area contributed by atoms with Crippen molar-refractivity contribution in [1.82, 2.24) is 4.98 Å². The normalized spacial score (nSPS) is 17.4. The van der Waals surface area contributed by atoms with E-state index in [4.69, 9.17) is 4.42 Å². The summed E-state index contributed by atoms with van der Waals surface area (Å²) in [5.41, 5.74) is 5.72. The maximum absolute atomic E-state index is 13.7. The van der Waals surface area contributed by atoms with Gasteiger partial charge in [-0.05, 0) is 55.9 Å². The Bertz CT molecular complexity index is 1930. The molecule has 6 rings (SSSR count). The first-order chi connectivity index (χ1) is 20.5. The van der Waals surface area contributed by atoms with Gasteiger partial charge in [0, 0.05) is 47.3 Å². The van der Waals surface area contributed by atoms with Gasteiger partial charge in [-0.1, -0.05) is 61.4 Å². The van der Waals surface area contributed by atoms with E-state index in [-0.39, 0.29) is 23.4 Å². The third kappa shape index (κ3) is 5.40. The lowest BCUT2D eigenvalue weighted by Gasteiger charge is -2.31. The number of para-hydroxylation sites is 1. The molecule has 0 saturated heterocycles. The predicted molar refractivity (Wildman–Crippen MR) is 172 cm³/mol. The Hall–Kier alpha value is -4.17. The molecule has 1 fully saturated rings. The van der Waals surface area contributed by atoms with Gasteiger partial charge in [0.25, 0.3) is 0 Å². The number of hydrogen-bond donors (Lipinski definition) is 1. The molecule has 2 aromatic heterocycles. The lowest BCUT2D eigenvalue weighted by molar-refractivity contribution is 0.0876. The lowest BCUT2D eigenvalue weighted by Crippen LogP contribution is -2.28. The van der Waals surface area contributed by atoms with Gasteiger partial charge in [-0.2, -0.15) is 0 Å². The van der Waals surface area contributed by atoms with Gasteiger partial charge in [-0.25, -0.2) is 8.42 Å². The number of furan rings is 1. The maximum Gasteiger partial charge on any atom is 0.232 e. The minimum Gasteiger partial charge on any atom is -0.455 e. The van der Waals surface area contributed by atoms with Gasteiger partial charge in [0.1, 0.15) is 11.3 Å². The second-order valence-electron chi connectivity index (χ2n) is 11.8. The number of fused-ring (bicyclic) bond motifs is 2. The molecule has 2 heterocycles. The number of carbonyl (C=O) groups excluding carboxylic acids is 2. The summed E-state index contributed by atoms with van der Waals surface area (Å²) in [6.07, 6.45) is 4.49. The number of aromatic amines is 1. The molecule has 43 heavy (non-hydrogen) atoms. The molecule has 3 aromatic carbocycles. The topological polar surface area (TPSA) is 100 Å². The average molecular weight is 597 g/mol. The van der Waals surface area contributed by atoms with Crippen LogP contribution in [0.1, 0.15) is 76.9 Å². The molecule has 222 valence electrons. The molecule has 0 radical (unpaired) electrons. The summed E-state index contributed by atoms with van der Waals surface area (Å²) in [4.78, 5) is 30.4. The number of hydrogen-bond acceptors (Lipinski definition) is 5. The lowest BCUT2D eigenvalue weighted by atomic mass is 9.75. The molecule has 1 unspecified atom stereocenters. The quantitative estimate of drug-likeness (QED) is 0.183. The van der Waals surface area contributed by atoms with E-state index in [0.717, 1.165) is 46.9 Å². The molecule has 1 N–H and O–H groups in total. The van der Waals surface area contributed by atoms with Crippen LogP contribution in [0.3, 0.4) is 0 Å². The Morgan fingerprint density at radius 1 is 1.02 bits per heavy atom. The van der Waals surface area contributed by atoms with Crippen LogP contribution >= 0.6 is 0 Å². The van der Waals surface area contributed by atoms with Crippen molar-refractivity contribution in [1.29, 1.82) is 0 Å². The number of carbonyl (C=O) groups is 2. The second-order valence-corrected chi connectivity index (χ2v) is 13.8. The largest absolute Gasteiger partial charge is 0.455 e. The van der Waals surface area contributed by atoms with E-state index in [1.165, 1.54) is 17.6 Å². The zero-order valence-electron chi connectivity index (χ0n) is 24.9. The number of rotatable bonds is 8. The summed E-state index contributed by atoms with van der Waals surface area (Å²) in [7, 11) is -2.06. The minimum atomic E-state index is -3.60. The molecule has 0 amide bonds. The van der Waals surface area contributed by atoms with Crippen molar-refractivity contribution in [3.8, 4) is 11.3 Å². The van der Waals surface area contributed by atoms with Crippen molar-refractivity contribution in [2.24, 2.45) is 5.92 Å². The fourth-order valence-corrected chi connectivity index (χ4v) is 6.94. The molecule has 2 atom stereocenters. The minimum absolute atomic E-state index is 0.0417. The summed E-state index contributed by atoms with van der Waals surface area (Å²) in [6.45, 7) is 3.83. The first-order valence-corrected chi connectivity index (χ1v) is 16.7. The van der Waals surface area contributed by atoms with Crippen LogP contribution in [-0.2, 0) is 10.0 Å². The standard InChI is InChI=1S/C35H36N2O5S/c1-5-31(38)33-27-19-26(23-10-8-11-25(17-23)34(39)29-18-24-9-6-7-12-28(24)36-29)30(37(3)43(4,40)41)20-32(27)42-35(33)22-15-13-21(2)14-16-22/h6-7,9,12-16,18-20,23,25,36H,5,8,10-11,17H2,1-4H3/t23-,25?/m0/s1. The highest BCUT2D eigenvalue weighted by molar-refractivity contribution is 7.92. The number of sulfonamides is 1. The fourth-order valence-electron chi connectivity index (χ4n) is 6.43. The van der Waals surface area contributed by atoms with Gasteiger partial charge in [-0.15, -0.1) is 0 Å². The molecule has 1 aliphatic carbocycles. The van der Waals surface area contributed by atoms with Crippen LogP contribution in [0.2, 0.25) is 0 Å². The van der Waals surface area contributed by atoms with Crippen molar-refractivity contribution < 1.29 is 22.4 Å². The van der Waals surface area contributed by atoms with E-state index in [0.29, 0.717) is 46.5 Å². The molecule has 0 bridgehead atoms. The Morgan fingerprint density at radius 3 is 2.47 bits per heavy atom. The number of anilines is 1. The van der Waals surface area contributed by atoms with E-state index in [9.17, 15) is 18.0 Å². The van der Waals surface area contributed by atoms with E-state index in [1.807, 2.05) is 74.5 Å². The highest BCUT2D eigenvalue weighted by Crippen LogP contribution is 2.45. The van der Waals surface area contributed by atoms with Crippen molar-refractivity contribution >= 4 is 49.1 Å². The molecule has 7 nitrogen and oxygen atoms in total. The van der Waals surface area contributed by atoms with Crippen LogP contribution < -0.4 is 4.31 Å². The van der Waals surface area contributed by atoms with Crippen LogP contribution in [0.4, 0.5) is 5.69 Å². The zero-order chi connectivity index (χ0) is 30.5. The number of nitrogens with zero attached hydrogens (tertiary/aromatic N) is 1. The Labute approximate surface area is 251 Å². The first-order valence-electron chi connectivity index (χ1n) is 14.8. The fraction of sp³-hybridized carbons (Fsp3) is 0.314. The van der Waals surface area contributed by atoms with Crippen molar-refractivity contribution in [2.75, 3.05) is 17.6 Å². The summed E-state index contributed by atoms with van der Waals surface area (Å²) in [6, 6.07) is 21.3. The number of H-pyrrole nitrogens is 1. The summed E-state index contributed by atoms with van der Waals surface area (Å²) in [5, 5.41) is 1.67. The van der Waals surface area contributed by atoms with Crippen LogP contribution in [0.15, 0.2) is 71.1 Å². The highest BCUT2D eigenvalue weighted by Gasteiger charge is 2.33. The monoisotopic (exact) mass is 596 g/mol. The smallest absolute Gasteiger partial charge is 0.232 e. The molecule has 0 aliphatic heterocycles. The number of Topliss-reactive ketones (excluding diaryl/α,β-unsaturated/α-hetero) is 2. The molecule has 8 heteroatoms. The van der Waals surface area contributed by atoms with E-state index >= 15 is 0 Å². The molecule has 0 spiro atoms. The number of aryl methyl sites for hydroxylation is 1. The van der Waals surface area contributed by atoms with Crippen LogP contribution in [0.25, 0.3) is 33.2 Å². The van der Waals surface area contributed by atoms with Crippen LogP contribution in [-0.4, -0.2) is 38.3 Å². The number of ketones is 2. The van der Waals surface area contributed by atoms with Crippen molar-refractivity contribution in [3.05, 3.63) is 89.1 Å². The number of benzene rings is 3. The molecule has 1 aliphatic rings. The summed E-state index contributed by atoms with van der Waals surface area (Å²) >= 11 is 0. The average Bonchev–Trinajstić information content (AvgIpc) is 3.61. The van der Waals surface area contributed by atoms with Gasteiger partial charge in [0.2, 0.25) is 10.0 Å². The van der Waals surface area contributed by atoms with Crippen molar-refractivity contribution in [3.63, 3.8) is 0 Å². The van der Waals surface area contributed by atoms with Gasteiger partial charge in [0.15, 0.2) is 11.6 Å². The summed E-state index contributed by atoms with van der Waals surface area (Å²) < 4.78 is 33.2. The van der Waals surface area contributed by atoms with E-state index < -0.39 is 10.0 Å². The number of nitrogens with one attached hydrogen (secondary N) is 1. The number of aromatic nitrogens is 1. The van der Waals surface area contributed by atoms with E-state index in [1.54, 1.807) is 6.07 Å². The van der Waals surface area contributed by atoms with Crippen molar-refractivity contribution in [2.45, 2.75) is 51.9 Å². The SMILES string of the molecule is CCC(=O)c1c(-c2ccc(C)cc2)oc2cc(N(C)S(C)(=O)=O)c([C@H]3CCCC(C(=O)c4cc5ccccc5[nH]4)C3)cc12. The summed E-state index contributed by atoms with van der Waals surface area (Å²) in [5.74, 6) is 0.246. The van der Waals surface area contributed by atoms with E-state index in [2.05, 4.69) is 4.98 Å². The van der Waals surface area contributed by atoms with Gasteiger partial charge < -0.3 is 9.40 Å². The molecule has 1 saturated carbocycles. The van der Waals surface area contributed by atoms with Gasteiger partial charge in [-0.3, -0.25) is 13.9 Å². The first kappa shape index (κ1) is 28.9. The van der Waals surface area contributed by atoms with Gasteiger partial charge >= 0.3 is 0 Å². The zero-order valence-corrected chi connectivity index (χ0v) is 25.8. The Kier molecular flexibility index (Phi) is 7.50. The highest BCUT2D eigenvalue weighted by atomic mass is 32.2. The molecular weight excluding hydrogens is 560 g/mol. The Morgan fingerprint density at radius 2 is 1.77 bits per heavy atom. The van der Waals surface area contributed by atoms with Gasteiger partial charge in [0.05, 0.1) is 23.2 Å². The predicted octanol–water partition coefficient (Wildman–Crippen LogP) is 8.03. The molecular formula is C35H36N2O5S. The Balaban J connectivity index is 1.46. The second kappa shape index (κ2) is 11.2. The van der Waals surface area contributed by atoms with Crippen LogP contribution in [0.5, 0.6) is 0 Å². The molecule has 5 aromatic rings. The maximum atomic E-state index is 13.7.